The molecule has 0 aliphatic heterocycles. The number of nitrogens with zero attached hydrogens (tertiary/aromatic N) is 1. The fraction of sp³-hybridized carbons (Fsp3) is 0.381. The molecule has 0 bridgehead atoms. The van der Waals surface area contributed by atoms with Crippen LogP contribution in [0.4, 0.5) is 0 Å². The normalized spacial score (nSPS) is 13.2. The summed E-state index contributed by atoms with van der Waals surface area (Å²) in [6.45, 7) is 7.73. The third kappa shape index (κ3) is 5.27. The van der Waals surface area contributed by atoms with Gasteiger partial charge in [0.2, 0.25) is 10.0 Å². The number of sulfonamides is 1. The van der Waals surface area contributed by atoms with Gasteiger partial charge in [-0.2, -0.15) is 4.31 Å². The molecule has 2 aromatic carbocycles. The minimum atomic E-state index is -3.53. The molecule has 0 saturated carbocycles. The molecule has 1 atom stereocenters. The predicted molar refractivity (Wildman–Crippen MR) is 117 cm³/mol. The van der Waals surface area contributed by atoms with Crippen LogP contribution < -0.4 is 5.32 Å². The van der Waals surface area contributed by atoms with Gasteiger partial charge >= 0.3 is 0 Å². The number of amides is 1. The Morgan fingerprint density at radius 2 is 1.37 bits per heavy atom. The molecule has 2 rings (SSSR count). The summed E-state index contributed by atoms with van der Waals surface area (Å²) in [5.41, 5.74) is 1.10. The molecular weight excluding hydrogens is 424 g/mol. The van der Waals surface area contributed by atoms with Crippen molar-refractivity contribution in [1.82, 2.24) is 9.62 Å². The van der Waals surface area contributed by atoms with Crippen molar-refractivity contribution in [1.29, 1.82) is 0 Å². The molecule has 1 N–H and O–H groups in total. The van der Waals surface area contributed by atoms with Gasteiger partial charge in [0.05, 0.1) is 21.6 Å². The van der Waals surface area contributed by atoms with Gasteiger partial charge in [-0.3, -0.25) is 4.79 Å². The fourth-order valence-electron chi connectivity index (χ4n) is 2.98. The van der Waals surface area contributed by atoms with E-state index in [0.29, 0.717) is 18.7 Å². The number of hydrogen-bond donors (Lipinski definition) is 1. The van der Waals surface area contributed by atoms with Gasteiger partial charge < -0.3 is 5.32 Å². The van der Waals surface area contributed by atoms with E-state index in [9.17, 15) is 21.6 Å². The molecule has 1 amide bonds. The zero-order chi connectivity index (χ0) is 22.5. The SMILES string of the molecule is CCN(CC)S(=O)(=O)c1ccc(C(C)NC(=O)c2ccc(S(=O)(=O)CC)cc2)cc1. The second-order valence-electron chi connectivity index (χ2n) is 6.78. The highest BCUT2D eigenvalue weighted by atomic mass is 32.2. The van der Waals surface area contributed by atoms with Gasteiger partial charge in [-0.05, 0) is 48.9 Å². The van der Waals surface area contributed by atoms with Gasteiger partial charge in [-0.1, -0.05) is 32.9 Å². The molecule has 0 spiro atoms. The minimum Gasteiger partial charge on any atom is -0.346 e. The average molecular weight is 453 g/mol. The van der Waals surface area contributed by atoms with E-state index in [-0.39, 0.29) is 27.5 Å². The maximum absolute atomic E-state index is 12.6. The van der Waals surface area contributed by atoms with Crippen molar-refractivity contribution in [2.75, 3.05) is 18.8 Å². The first kappa shape index (κ1) is 24.0. The van der Waals surface area contributed by atoms with E-state index in [2.05, 4.69) is 5.32 Å². The molecule has 0 aromatic heterocycles. The van der Waals surface area contributed by atoms with Crippen LogP contribution in [0.25, 0.3) is 0 Å². The van der Waals surface area contributed by atoms with Gasteiger partial charge in [-0.25, -0.2) is 16.8 Å². The van der Waals surface area contributed by atoms with Gasteiger partial charge in [0.25, 0.3) is 5.91 Å². The summed E-state index contributed by atoms with van der Waals surface area (Å²) in [6.07, 6.45) is 0. The third-order valence-corrected chi connectivity index (χ3v) is 8.74. The first-order chi connectivity index (χ1) is 14.1. The Hall–Kier alpha value is -2.23. The summed E-state index contributed by atoms with van der Waals surface area (Å²) >= 11 is 0. The van der Waals surface area contributed by atoms with Crippen molar-refractivity contribution in [3.05, 3.63) is 59.7 Å². The molecule has 30 heavy (non-hydrogen) atoms. The molecule has 0 aliphatic rings. The van der Waals surface area contributed by atoms with Crippen molar-refractivity contribution in [3.8, 4) is 0 Å². The highest BCUT2D eigenvalue weighted by molar-refractivity contribution is 7.91. The zero-order valence-corrected chi connectivity index (χ0v) is 19.3. The van der Waals surface area contributed by atoms with Crippen LogP contribution in [0.3, 0.4) is 0 Å². The lowest BCUT2D eigenvalue weighted by molar-refractivity contribution is 0.0939. The largest absolute Gasteiger partial charge is 0.346 e. The van der Waals surface area contributed by atoms with Gasteiger partial charge in [0.1, 0.15) is 0 Å². The first-order valence-corrected chi connectivity index (χ1v) is 12.9. The lowest BCUT2D eigenvalue weighted by atomic mass is 10.1. The van der Waals surface area contributed by atoms with Gasteiger partial charge in [-0.15, -0.1) is 0 Å². The van der Waals surface area contributed by atoms with E-state index >= 15 is 0 Å². The molecule has 0 heterocycles. The Morgan fingerprint density at radius 1 is 0.867 bits per heavy atom. The molecule has 9 heteroatoms. The minimum absolute atomic E-state index is 0.00440. The number of rotatable bonds is 9. The Bertz CT molecular complexity index is 1070. The summed E-state index contributed by atoms with van der Waals surface area (Å²) in [6, 6.07) is 11.9. The van der Waals surface area contributed by atoms with Crippen molar-refractivity contribution in [3.63, 3.8) is 0 Å². The predicted octanol–water partition coefficient (Wildman–Crippen LogP) is 3.00. The van der Waals surface area contributed by atoms with E-state index in [4.69, 9.17) is 0 Å². The molecule has 0 aliphatic carbocycles. The Morgan fingerprint density at radius 3 is 1.83 bits per heavy atom. The molecule has 164 valence electrons. The van der Waals surface area contributed by atoms with Crippen molar-refractivity contribution < 1.29 is 21.6 Å². The van der Waals surface area contributed by atoms with E-state index in [1.54, 1.807) is 39.8 Å². The number of nitrogens with one attached hydrogen (secondary N) is 1. The fourth-order valence-corrected chi connectivity index (χ4v) is 5.33. The van der Waals surface area contributed by atoms with Crippen LogP contribution in [-0.4, -0.2) is 45.9 Å². The van der Waals surface area contributed by atoms with Crippen LogP contribution in [0.2, 0.25) is 0 Å². The number of carbonyl (C=O) groups excluding carboxylic acids is 1. The molecule has 7 nitrogen and oxygen atoms in total. The Balaban J connectivity index is 2.12. The lowest BCUT2D eigenvalue weighted by Gasteiger charge is -2.19. The standard InChI is InChI=1S/C21H28N2O5S2/c1-5-23(6-2)30(27,28)20-14-8-17(9-15-20)16(4)22-21(24)18-10-12-19(13-11-18)29(25,26)7-3/h8-16H,5-7H2,1-4H3,(H,22,24). The van der Waals surface area contributed by atoms with Crippen LogP contribution >= 0.6 is 0 Å². The van der Waals surface area contributed by atoms with Crippen LogP contribution in [0.15, 0.2) is 58.3 Å². The second-order valence-corrected chi connectivity index (χ2v) is 11.0. The highest BCUT2D eigenvalue weighted by Gasteiger charge is 2.22. The van der Waals surface area contributed by atoms with Crippen molar-refractivity contribution in [2.45, 2.75) is 43.5 Å². The van der Waals surface area contributed by atoms with E-state index in [1.807, 2.05) is 0 Å². The number of carbonyl (C=O) groups is 1. The van der Waals surface area contributed by atoms with Crippen LogP contribution in [0.1, 0.15) is 49.7 Å². The van der Waals surface area contributed by atoms with Crippen molar-refractivity contribution >= 4 is 25.8 Å². The smallest absolute Gasteiger partial charge is 0.251 e. The van der Waals surface area contributed by atoms with Crippen molar-refractivity contribution in [2.24, 2.45) is 0 Å². The summed E-state index contributed by atoms with van der Waals surface area (Å²) < 4.78 is 50.3. The Kier molecular flexibility index (Phi) is 7.79. The van der Waals surface area contributed by atoms with Crippen LogP contribution in [0, 0.1) is 0 Å². The summed E-state index contributed by atoms with van der Waals surface area (Å²) in [4.78, 5) is 12.9. The third-order valence-electron chi connectivity index (χ3n) is 4.93. The van der Waals surface area contributed by atoms with Gasteiger partial charge in [0.15, 0.2) is 9.84 Å². The van der Waals surface area contributed by atoms with Crippen LogP contribution in [0.5, 0.6) is 0 Å². The summed E-state index contributed by atoms with van der Waals surface area (Å²) in [5, 5.41) is 2.84. The molecular formula is C21H28N2O5S2. The highest BCUT2D eigenvalue weighted by Crippen LogP contribution is 2.20. The second kappa shape index (κ2) is 9.72. The molecule has 1 unspecified atom stereocenters. The maximum Gasteiger partial charge on any atom is 0.251 e. The van der Waals surface area contributed by atoms with Crippen LogP contribution in [-0.2, 0) is 19.9 Å². The molecule has 0 radical (unpaired) electrons. The number of hydrogen-bond acceptors (Lipinski definition) is 5. The number of benzene rings is 2. The topological polar surface area (TPSA) is 101 Å². The molecule has 0 saturated heterocycles. The first-order valence-electron chi connectivity index (χ1n) is 9.80. The lowest BCUT2D eigenvalue weighted by Crippen LogP contribution is -2.30. The molecule has 2 aromatic rings. The monoisotopic (exact) mass is 452 g/mol. The quantitative estimate of drug-likeness (QED) is 0.630. The van der Waals surface area contributed by atoms with Gasteiger partial charge in [0, 0.05) is 18.7 Å². The van der Waals surface area contributed by atoms with E-state index in [1.165, 1.54) is 40.7 Å². The zero-order valence-electron chi connectivity index (χ0n) is 17.6. The summed E-state index contributed by atoms with van der Waals surface area (Å²) in [7, 11) is -6.85. The van der Waals surface area contributed by atoms with E-state index < -0.39 is 19.9 Å². The summed E-state index contributed by atoms with van der Waals surface area (Å²) in [5.74, 6) is -0.349. The average Bonchev–Trinajstić information content (AvgIpc) is 2.74. The molecule has 0 fully saturated rings. The van der Waals surface area contributed by atoms with E-state index in [0.717, 1.165) is 5.56 Å². The number of sulfone groups is 1. The maximum atomic E-state index is 12.6. The Labute approximate surface area is 179 Å².